The van der Waals surface area contributed by atoms with Gasteiger partial charge in [-0.2, -0.15) is 4.98 Å². The van der Waals surface area contributed by atoms with Gasteiger partial charge >= 0.3 is 0 Å². The van der Waals surface area contributed by atoms with Crippen LogP contribution < -0.4 is 0 Å². The third kappa shape index (κ3) is 2.50. The largest absolute Gasteiger partial charge is 0.334 e. The number of halogens is 3. The van der Waals surface area contributed by atoms with Crippen molar-refractivity contribution in [1.29, 1.82) is 0 Å². The highest BCUT2D eigenvalue weighted by Crippen LogP contribution is 2.38. The predicted molar refractivity (Wildman–Crippen MR) is 71.9 cm³/mol. The van der Waals surface area contributed by atoms with Gasteiger partial charge in [0.2, 0.25) is 0 Å². The van der Waals surface area contributed by atoms with Crippen molar-refractivity contribution < 1.29 is 4.52 Å². The molecular formula is C9H7Br2ClN2OS. The normalized spacial score (nSPS) is 13.0. The van der Waals surface area contributed by atoms with Crippen molar-refractivity contribution in [3.05, 3.63) is 19.5 Å². The second kappa shape index (κ2) is 5.16. The van der Waals surface area contributed by atoms with Crippen LogP contribution >= 0.6 is 54.8 Å². The maximum absolute atomic E-state index is 6.03. The molecule has 2 aromatic heterocycles. The highest BCUT2D eigenvalue weighted by Gasteiger charge is 2.18. The molecule has 0 fully saturated rings. The highest BCUT2D eigenvalue weighted by molar-refractivity contribution is 9.12. The average Bonchev–Trinajstić information content (AvgIpc) is 2.83. The van der Waals surface area contributed by atoms with Gasteiger partial charge < -0.3 is 4.52 Å². The zero-order chi connectivity index (χ0) is 11.7. The minimum atomic E-state index is -0.196. The van der Waals surface area contributed by atoms with Crippen LogP contribution in [-0.2, 0) is 0 Å². The summed E-state index contributed by atoms with van der Waals surface area (Å²) in [5.41, 5.74) is 0.885. The zero-order valence-electron chi connectivity index (χ0n) is 8.21. The Balaban J connectivity index is 2.35. The molecule has 0 radical (unpaired) electrons. The molecule has 3 nitrogen and oxygen atoms in total. The fourth-order valence-corrected chi connectivity index (χ4v) is 4.01. The lowest BCUT2D eigenvalue weighted by Crippen LogP contribution is -1.90. The summed E-state index contributed by atoms with van der Waals surface area (Å²) in [6.07, 6.45) is 0.773. The summed E-state index contributed by atoms with van der Waals surface area (Å²) < 4.78 is 7.14. The third-order valence-electron chi connectivity index (χ3n) is 1.97. The summed E-state index contributed by atoms with van der Waals surface area (Å²) in [6.45, 7) is 1.98. The van der Waals surface area contributed by atoms with Crippen LogP contribution in [0, 0.1) is 0 Å². The lowest BCUT2D eigenvalue weighted by atomic mass is 10.3. The maximum Gasteiger partial charge on any atom is 0.260 e. The first-order valence-electron chi connectivity index (χ1n) is 4.54. The number of aromatic nitrogens is 2. The number of hydrogen-bond donors (Lipinski definition) is 0. The molecule has 16 heavy (non-hydrogen) atoms. The standard InChI is InChI=1S/C9H7Br2ClN2OS/c1-2-5(12)8-13-9(15-14-8)4-3-6(10)16-7(4)11/h3,5H,2H2,1H3. The van der Waals surface area contributed by atoms with Gasteiger partial charge in [-0.3, -0.25) is 0 Å². The Morgan fingerprint density at radius 1 is 1.56 bits per heavy atom. The van der Waals surface area contributed by atoms with Gasteiger partial charge in [-0.1, -0.05) is 12.1 Å². The van der Waals surface area contributed by atoms with Crippen LogP contribution in [0.3, 0.4) is 0 Å². The first-order valence-corrected chi connectivity index (χ1v) is 7.38. The Morgan fingerprint density at radius 2 is 2.31 bits per heavy atom. The van der Waals surface area contributed by atoms with E-state index in [9.17, 15) is 0 Å². The summed E-state index contributed by atoms with van der Waals surface area (Å²) in [5, 5.41) is 3.67. The number of alkyl halides is 1. The average molecular weight is 386 g/mol. The third-order valence-corrected chi connectivity index (χ3v) is 4.81. The SMILES string of the molecule is CCC(Cl)c1noc(-c2cc(Br)sc2Br)n1. The second-order valence-corrected chi connectivity index (χ2v) is 7.35. The molecule has 86 valence electrons. The molecule has 2 rings (SSSR count). The Kier molecular flexibility index (Phi) is 4.05. The summed E-state index contributed by atoms with van der Waals surface area (Å²) >= 11 is 14.4. The molecule has 1 unspecified atom stereocenters. The first-order chi connectivity index (χ1) is 7.61. The van der Waals surface area contributed by atoms with Crippen LogP contribution in [0.15, 0.2) is 18.2 Å². The smallest absolute Gasteiger partial charge is 0.260 e. The van der Waals surface area contributed by atoms with Gasteiger partial charge in [0.25, 0.3) is 5.89 Å². The van der Waals surface area contributed by atoms with E-state index < -0.39 is 0 Å². The molecule has 0 saturated carbocycles. The molecular weight excluding hydrogens is 379 g/mol. The van der Waals surface area contributed by atoms with Gasteiger partial charge in [-0.15, -0.1) is 22.9 Å². The molecule has 0 N–H and O–H groups in total. The second-order valence-electron chi connectivity index (χ2n) is 3.07. The molecule has 0 aliphatic heterocycles. The fourth-order valence-electron chi connectivity index (χ4n) is 1.14. The highest BCUT2D eigenvalue weighted by atomic mass is 79.9. The molecule has 7 heteroatoms. The van der Waals surface area contributed by atoms with Crippen molar-refractivity contribution in [1.82, 2.24) is 10.1 Å². The van der Waals surface area contributed by atoms with Crippen LogP contribution in [0.5, 0.6) is 0 Å². The summed E-state index contributed by atoms with van der Waals surface area (Å²) in [7, 11) is 0. The Morgan fingerprint density at radius 3 is 2.88 bits per heavy atom. The van der Waals surface area contributed by atoms with Crippen molar-refractivity contribution in [2.24, 2.45) is 0 Å². The van der Waals surface area contributed by atoms with Gasteiger partial charge in [-0.05, 0) is 44.3 Å². The molecule has 0 saturated heterocycles. The van der Waals surface area contributed by atoms with Crippen LogP contribution in [0.1, 0.15) is 24.5 Å². The Bertz CT molecular complexity index is 499. The van der Waals surface area contributed by atoms with Gasteiger partial charge in [0, 0.05) is 0 Å². The minimum absolute atomic E-state index is 0.196. The molecule has 2 heterocycles. The van der Waals surface area contributed by atoms with E-state index in [2.05, 4.69) is 42.0 Å². The van der Waals surface area contributed by atoms with Crippen LogP contribution in [0.25, 0.3) is 11.5 Å². The van der Waals surface area contributed by atoms with E-state index in [1.165, 1.54) is 0 Å². The molecule has 0 spiro atoms. The van der Waals surface area contributed by atoms with E-state index in [4.69, 9.17) is 16.1 Å². The van der Waals surface area contributed by atoms with Gasteiger partial charge in [-0.25, -0.2) is 0 Å². The van der Waals surface area contributed by atoms with E-state index in [0.717, 1.165) is 19.6 Å². The van der Waals surface area contributed by atoms with Crippen molar-refractivity contribution >= 4 is 54.8 Å². The minimum Gasteiger partial charge on any atom is -0.334 e. The summed E-state index contributed by atoms with van der Waals surface area (Å²) in [4.78, 5) is 4.27. The molecule has 0 amide bonds. The van der Waals surface area contributed by atoms with Gasteiger partial charge in [0.15, 0.2) is 5.82 Å². The lowest BCUT2D eigenvalue weighted by Gasteiger charge is -1.95. The quantitative estimate of drug-likeness (QED) is 0.696. The Hall–Kier alpha value is 0.0900. The van der Waals surface area contributed by atoms with Crippen molar-refractivity contribution in [3.63, 3.8) is 0 Å². The van der Waals surface area contributed by atoms with E-state index in [1.807, 2.05) is 13.0 Å². The number of nitrogens with zero attached hydrogens (tertiary/aromatic N) is 2. The van der Waals surface area contributed by atoms with E-state index in [-0.39, 0.29) is 5.38 Å². The number of rotatable bonds is 3. The molecule has 0 aliphatic rings. The first kappa shape index (κ1) is 12.5. The molecule has 0 bridgehead atoms. The van der Waals surface area contributed by atoms with Crippen molar-refractivity contribution in [2.75, 3.05) is 0 Å². The topological polar surface area (TPSA) is 38.9 Å². The van der Waals surface area contributed by atoms with E-state index in [0.29, 0.717) is 11.7 Å². The molecule has 0 aromatic carbocycles. The van der Waals surface area contributed by atoms with Crippen molar-refractivity contribution in [2.45, 2.75) is 18.7 Å². The molecule has 1 atom stereocenters. The maximum atomic E-state index is 6.03. The van der Waals surface area contributed by atoms with Crippen LogP contribution in [0.4, 0.5) is 0 Å². The molecule has 0 aliphatic carbocycles. The monoisotopic (exact) mass is 384 g/mol. The summed E-state index contributed by atoms with van der Waals surface area (Å²) in [5.74, 6) is 1.02. The summed E-state index contributed by atoms with van der Waals surface area (Å²) in [6, 6.07) is 1.93. The number of hydrogen-bond acceptors (Lipinski definition) is 4. The number of thiophene rings is 1. The fraction of sp³-hybridized carbons (Fsp3) is 0.333. The predicted octanol–water partition coefficient (Wildman–Crippen LogP) is 5.01. The molecule has 2 aromatic rings. The lowest BCUT2D eigenvalue weighted by molar-refractivity contribution is 0.421. The Labute approximate surface area is 118 Å². The van der Waals surface area contributed by atoms with E-state index >= 15 is 0 Å². The van der Waals surface area contributed by atoms with Crippen molar-refractivity contribution in [3.8, 4) is 11.5 Å². The van der Waals surface area contributed by atoms with Gasteiger partial charge in [0.1, 0.15) is 0 Å². The van der Waals surface area contributed by atoms with Crippen LogP contribution in [0.2, 0.25) is 0 Å². The van der Waals surface area contributed by atoms with Crippen LogP contribution in [-0.4, -0.2) is 10.1 Å². The van der Waals surface area contributed by atoms with Gasteiger partial charge in [0.05, 0.1) is 18.5 Å². The van der Waals surface area contributed by atoms with E-state index in [1.54, 1.807) is 11.3 Å². The zero-order valence-corrected chi connectivity index (χ0v) is 13.0.